The normalized spacial score (nSPS) is 13.2. The Labute approximate surface area is 112 Å². The number of hydrogen-bond acceptors (Lipinski definition) is 2. The van der Waals surface area contributed by atoms with Crippen LogP contribution in [0.5, 0.6) is 0 Å². The summed E-state index contributed by atoms with van der Waals surface area (Å²) in [6, 6.07) is 2.77. The van der Waals surface area contributed by atoms with Crippen molar-refractivity contribution >= 4 is 12.6 Å². The zero-order chi connectivity index (χ0) is 13.2. The van der Waals surface area contributed by atoms with Gasteiger partial charge in [-0.3, -0.25) is 0 Å². The molecule has 0 aliphatic rings. The molecule has 1 aromatic carbocycles. The molecule has 96 valence electrons. The Hall–Kier alpha value is -0.470. The molecular weight excluding hydrogens is 226 g/mol. The monoisotopic (exact) mass is 251 g/mol. The number of nitrogens with zero attached hydrogens (tertiary/aromatic N) is 1. The van der Waals surface area contributed by atoms with E-state index in [-0.39, 0.29) is 0 Å². The summed E-state index contributed by atoms with van der Waals surface area (Å²) in [5, 5.41) is 0. The first-order valence-corrected chi connectivity index (χ1v) is 6.88. The van der Waals surface area contributed by atoms with E-state index in [1.165, 1.54) is 27.8 Å². The van der Waals surface area contributed by atoms with Crippen molar-refractivity contribution in [3.8, 4) is 0 Å². The number of thiol groups is 1. The molecule has 0 saturated carbocycles. The second-order valence-corrected chi connectivity index (χ2v) is 5.61. The van der Waals surface area contributed by atoms with Crippen LogP contribution in [0.25, 0.3) is 0 Å². The molecule has 0 amide bonds. The van der Waals surface area contributed by atoms with Gasteiger partial charge in [-0.1, -0.05) is 6.07 Å². The molecule has 0 aromatic heterocycles. The molecule has 1 nitrogen and oxygen atoms in total. The van der Waals surface area contributed by atoms with E-state index in [2.05, 4.69) is 65.4 Å². The van der Waals surface area contributed by atoms with Gasteiger partial charge in [0.15, 0.2) is 0 Å². The van der Waals surface area contributed by atoms with Crippen molar-refractivity contribution in [1.82, 2.24) is 4.90 Å². The third-order valence-corrected chi connectivity index (χ3v) is 4.04. The first-order valence-electron chi connectivity index (χ1n) is 6.24. The second kappa shape index (κ2) is 5.92. The van der Waals surface area contributed by atoms with Crippen LogP contribution in [0, 0.1) is 27.7 Å². The Morgan fingerprint density at radius 2 is 1.53 bits per heavy atom. The van der Waals surface area contributed by atoms with Crippen molar-refractivity contribution in [3.63, 3.8) is 0 Å². The van der Waals surface area contributed by atoms with Crippen LogP contribution in [0.3, 0.4) is 0 Å². The zero-order valence-corrected chi connectivity index (χ0v) is 12.9. The standard InChI is InChI=1S/C15H25NS/c1-10-9-11(2)13(4)15(12(10)3)14(7-8-17)16(5)6/h9,14,17H,7-8H2,1-6H3. The van der Waals surface area contributed by atoms with E-state index >= 15 is 0 Å². The first kappa shape index (κ1) is 14.6. The van der Waals surface area contributed by atoms with Gasteiger partial charge in [-0.2, -0.15) is 12.6 Å². The SMILES string of the molecule is Cc1cc(C)c(C)c(C(CCS)N(C)C)c1C. The molecule has 0 saturated heterocycles. The van der Waals surface area contributed by atoms with Gasteiger partial charge in [0.25, 0.3) is 0 Å². The van der Waals surface area contributed by atoms with Crippen LogP contribution >= 0.6 is 12.6 Å². The van der Waals surface area contributed by atoms with E-state index < -0.39 is 0 Å². The molecule has 1 rings (SSSR count). The van der Waals surface area contributed by atoms with E-state index in [9.17, 15) is 0 Å². The topological polar surface area (TPSA) is 3.24 Å². The fraction of sp³-hybridized carbons (Fsp3) is 0.600. The lowest BCUT2D eigenvalue weighted by atomic mass is 9.88. The van der Waals surface area contributed by atoms with E-state index in [0.717, 1.165) is 12.2 Å². The van der Waals surface area contributed by atoms with Gasteiger partial charge in [0.05, 0.1) is 0 Å². The molecule has 1 atom stereocenters. The predicted octanol–water partition coefficient (Wildman–Crippen LogP) is 3.84. The third kappa shape index (κ3) is 3.05. The average Bonchev–Trinajstić information content (AvgIpc) is 2.25. The molecular formula is C15H25NS. The lowest BCUT2D eigenvalue weighted by molar-refractivity contribution is 0.291. The Morgan fingerprint density at radius 3 is 1.88 bits per heavy atom. The smallest absolute Gasteiger partial charge is 0.0355 e. The van der Waals surface area contributed by atoms with E-state index in [1.54, 1.807) is 0 Å². The molecule has 0 bridgehead atoms. The number of hydrogen-bond donors (Lipinski definition) is 1. The minimum absolute atomic E-state index is 0.478. The molecule has 0 aliphatic carbocycles. The third-order valence-electron chi connectivity index (χ3n) is 3.78. The number of benzene rings is 1. The molecule has 0 aliphatic heterocycles. The maximum atomic E-state index is 4.40. The fourth-order valence-corrected chi connectivity index (χ4v) is 2.77. The van der Waals surface area contributed by atoms with E-state index in [4.69, 9.17) is 0 Å². The van der Waals surface area contributed by atoms with Crippen LogP contribution in [0.1, 0.15) is 40.3 Å². The Morgan fingerprint density at radius 1 is 1.06 bits per heavy atom. The molecule has 0 spiro atoms. The van der Waals surface area contributed by atoms with Crippen molar-refractivity contribution in [3.05, 3.63) is 33.9 Å². The number of rotatable bonds is 4. The van der Waals surface area contributed by atoms with E-state index in [0.29, 0.717) is 6.04 Å². The summed E-state index contributed by atoms with van der Waals surface area (Å²) in [6.45, 7) is 8.90. The van der Waals surface area contributed by atoms with Crippen molar-refractivity contribution in [2.24, 2.45) is 0 Å². The quantitative estimate of drug-likeness (QED) is 0.796. The Bertz CT molecular complexity index is 370. The van der Waals surface area contributed by atoms with Crippen LogP contribution < -0.4 is 0 Å². The van der Waals surface area contributed by atoms with Crippen LogP contribution in [-0.2, 0) is 0 Å². The molecule has 0 N–H and O–H groups in total. The maximum absolute atomic E-state index is 4.40. The van der Waals surface area contributed by atoms with Crippen LogP contribution in [0.4, 0.5) is 0 Å². The van der Waals surface area contributed by atoms with E-state index in [1.807, 2.05) is 0 Å². The molecule has 2 heteroatoms. The van der Waals surface area contributed by atoms with Gasteiger partial charge in [0.1, 0.15) is 0 Å². The lowest BCUT2D eigenvalue weighted by Crippen LogP contribution is -2.23. The van der Waals surface area contributed by atoms with Crippen LogP contribution in [-0.4, -0.2) is 24.7 Å². The summed E-state index contributed by atoms with van der Waals surface area (Å²) in [7, 11) is 4.31. The van der Waals surface area contributed by atoms with Gasteiger partial charge in [-0.05, 0) is 81.8 Å². The minimum atomic E-state index is 0.478. The Kier molecular flexibility index (Phi) is 5.08. The van der Waals surface area contributed by atoms with Gasteiger partial charge in [-0.25, -0.2) is 0 Å². The van der Waals surface area contributed by atoms with Crippen LogP contribution in [0.15, 0.2) is 6.07 Å². The first-order chi connectivity index (χ1) is 7.90. The summed E-state index contributed by atoms with van der Waals surface area (Å²) in [6.07, 6.45) is 1.10. The van der Waals surface area contributed by atoms with Gasteiger partial charge < -0.3 is 4.90 Å². The highest BCUT2D eigenvalue weighted by molar-refractivity contribution is 7.80. The number of aryl methyl sites for hydroxylation is 2. The summed E-state index contributed by atoms with van der Waals surface area (Å²) in [5.74, 6) is 0.925. The summed E-state index contributed by atoms with van der Waals surface area (Å²) < 4.78 is 0. The van der Waals surface area contributed by atoms with Crippen molar-refractivity contribution < 1.29 is 0 Å². The highest BCUT2D eigenvalue weighted by atomic mass is 32.1. The Balaban J connectivity index is 3.36. The minimum Gasteiger partial charge on any atom is -0.302 e. The maximum Gasteiger partial charge on any atom is 0.0355 e. The van der Waals surface area contributed by atoms with Gasteiger partial charge in [0, 0.05) is 6.04 Å². The lowest BCUT2D eigenvalue weighted by Gasteiger charge is -2.29. The molecule has 0 radical (unpaired) electrons. The van der Waals surface area contributed by atoms with Crippen molar-refractivity contribution in [1.29, 1.82) is 0 Å². The summed E-state index contributed by atoms with van der Waals surface area (Å²) in [5.41, 5.74) is 7.17. The molecule has 0 fully saturated rings. The molecule has 1 aromatic rings. The summed E-state index contributed by atoms with van der Waals surface area (Å²) in [4.78, 5) is 2.31. The largest absolute Gasteiger partial charge is 0.302 e. The summed E-state index contributed by atoms with van der Waals surface area (Å²) >= 11 is 4.40. The van der Waals surface area contributed by atoms with Crippen LogP contribution in [0.2, 0.25) is 0 Å². The van der Waals surface area contributed by atoms with Gasteiger partial charge >= 0.3 is 0 Å². The highest BCUT2D eigenvalue weighted by Gasteiger charge is 2.19. The molecule has 0 heterocycles. The fourth-order valence-electron chi connectivity index (χ4n) is 2.53. The molecule has 1 unspecified atom stereocenters. The van der Waals surface area contributed by atoms with Crippen molar-refractivity contribution in [2.75, 3.05) is 19.8 Å². The highest BCUT2D eigenvalue weighted by Crippen LogP contribution is 2.32. The average molecular weight is 251 g/mol. The van der Waals surface area contributed by atoms with Gasteiger partial charge in [0.2, 0.25) is 0 Å². The molecule has 17 heavy (non-hydrogen) atoms. The van der Waals surface area contributed by atoms with Crippen molar-refractivity contribution in [2.45, 2.75) is 40.2 Å². The zero-order valence-electron chi connectivity index (χ0n) is 12.0. The predicted molar refractivity (Wildman–Crippen MR) is 80.3 cm³/mol. The van der Waals surface area contributed by atoms with Gasteiger partial charge in [-0.15, -0.1) is 0 Å². The second-order valence-electron chi connectivity index (χ2n) is 5.17.